The highest BCUT2D eigenvalue weighted by Gasteiger charge is 2.39. The molecule has 1 amide bonds. The van der Waals surface area contributed by atoms with Crippen LogP contribution in [0.15, 0.2) is 22.7 Å². The van der Waals surface area contributed by atoms with Gasteiger partial charge in [-0.1, -0.05) is 11.6 Å². The van der Waals surface area contributed by atoms with Crippen molar-refractivity contribution in [2.45, 2.75) is 18.6 Å². The Balaban J connectivity index is 2.27. The van der Waals surface area contributed by atoms with Crippen LogP contribution in [0.5, 0.6) is 0 Å². The predicted octanol–water partition coefficient (Wildman–Crippen LogP) is 1.76. The van der Waals surface area contributed by atoms with E-state index in [-0.39, 0.29) is 13.0 Å². The van der Waals surface area contributed by atoms with Crippen LogP contribution in [-0.2, 0) is 4.79 Å². The number of carboxylic acid groups (broad SMARTS) is 1. The van der Waals surface area contributed by atoms with E-state index in [9.17, 15) is 14.7 Å². The molecule has 1 heterocycles. The van der Waals surface area contributed by atoms with E-state index in [1.807, 2.05) is 0 Å². The smallest absolute Gasteiger partial charge is 0.326 e. The van der Waals surface area contributed by atoms with Crippen molar-refractivity contribution in [3.63, 3.8) is 0 Å². The molecule has 1 saturated heterocycles. The maximum atomic E-state index is 12.2. The highest BCUT2D eigenvalue weighted by atomic mass is 79.9. The number of hydrogen-bond donors (Lipinski definition) is 2. The van der Waals surface area contributed by atoms with Crippen molar-refractivity contribution in [3.8, 4) is 0 Å². The Morgan fingerprint density at radius 3 is 2.68 bits per heavy atom. The molecule has 1 aromatic carbocycles. The number of amides is 1. The van der Waals surface area contributed by atoms with Gasteiger partial charge in [-0.15, -0.1) is 0 Å². The monoisotopic (exact) mass is 347 g/mol. The number of carbonyl (C=O) groups is 2. The van der Waals surface area contributed by atoms with Gasteiger partial charge in [0, 0.05) is 23.0 Å². The van der Waals surface area contributed by atoms with Crippen molar-refractivity contribution in [3.05, 3.63) is 33.3 Å². The van der Waals surface area contributed by atoms with Crippen LogP contribution in [0.1, 0.15) is 16.8 Å². The molecule has 2 N–H and O–H groups in total. The number of halogens is 2. The zero-order valence-corrected chi connectivity index (χ0v) is 12.1. The molecule has 0 aliphatic carbocycles. The van der Waals surface area contributed by atoms with Gasteiger partial charge < -0.3 is 15.1 Å². The van der Waals surface area contributed by atoms with Gasteiger partial charge in [-0.05, 0) is 34.1 Å². The number of aliphatic hydroxyl groups is 1. The Kier molecular flexibility index (Phi) is 4.13. The van der Waals surface area contributed by atoms with Crippen molar-refractivity contribution >= 4 is 39.4 Å². The molecule has 2 atom stereocenters. The Morgan fingerprint density at radius 2 is 2.11 bits per heavy atom. The molecule has 0 radical (unpaired) electrons. The first kappa shape index (κ1) is 14.3. The van der Waals surface area contributed by atoms with Gasteiger partial charge in [-0.2, -0.15) is 0 Å². The lowest BCUT2D eigenvalue weighted by Gasteiger charge is -2.21. The quantitative estimate of drug-likeness (QED) is 0.854. The summed E-state index contributed by atoms with van der Waals surface area (Å²) in [4.78, 5) is 24.5. The Bertz CT molecular complexity index is 536. The third-order valence-electron chi connectivity index (χ3n) is 2.99. The molecule has 1 aromatic rings. The average molecular weight is 349 g/mol. The fourth-order valence-electron chi connectivity index (χ4n) is 2.07. The van der Waals surface area contributed by atoms with Crippen LogP contribution in [0.3, 0.4) is 0 Å². The average Bonchev–Trinajstić information content (AvgIpc) is 2.74. The second-order valence-corrected chi connectivity index (χ2v) is 5.59. The van der Waals surface area contributed by atoms with Crippen LogP contribution in [0.25, 0.3) is 0 Å². The first-order chi connectivity index (χ1) is 8.90. The maximum absolute atomic E-state index is 12.2. The van der Waals surface area contributed by atoms with Gasteiger partial charge in [0.1, 0.15) is 6.04 Å². The largest absolute Gasteiger partial charge is 0.480 e. The van der Waals surface area contributed by atoms with E-state index < -0.39 is 24.0 Å². The molecule has 1 aliphatic heterocycles. The number of nitrogens with zero attached hydrogens (tertiary/aromatic N) is 1. The number of carboxylic acids is 1. The topological polar surface area (TPSA) is 77.8 Å². The SMILES string of the molecule is O=C(O)[C@@H]1C[C@@H](O)CN1C(=O)c1ccc(Br)c(Cl)c1. The molecule has 19 heavy (non-hydrogen) atoms. The van der Waals surface area contributed by atoms with E-state index in [4.69, 9.17) is 16.7 Å². The second kappa shape index (κ2) is 5.48. The zero-order valence-electron chi connectivity index (χ0n) is 9.72. The van der Waals surface area contributed by atoms with Gasteiger partial charge in [0.25, 0.3) is 5.91 Å². The van der Waals surface area contributed by atoms with E-state index in [0.29, 0.717) is 15.1 Å². The highest BCUT2D eigenvalue weighted by molar-refractivity contribution is 9.10. The number of hydrogen-bond acceptors (Lipinski definition) is 3. The summed E-state index contributed by atoms with van der Waals surface area (Å²) in [6, 6.07) is 3.65. The standard InChI is InChI=1S/C12H11BrClNO4/c13-8-2-1-6(3-9(8)14)11(17)15-5-7(16)4-10(15)12(18)19/h1-3,7,10,16H,4-5H2,(H,18,19)/t7-,10+/m1/s1. The van der Waals surface area contributed by atoms with Crippen molar-refractivity contribution in [2.75, 3.05) is 6.54 Å². The molecule has 0 bridgehead atoms. The number of carbonyl (C=O) groups excluding carboxylic acids is 1. The summed E-state index contributed by atoms with van der Waals surface area (Å²) in [6.45, 7) is 0.0173. The number of rotatable bonds is 2. The third-order valence-corrected chi connectivity index (χ3v) is 4.22. The van der Waals surface area contributed by atoms with E-state index >= 15 is 0 Å². The summed E-state index contributed by atoms with van der Waals surface area (Å²) < 4.78 is 0.655. The number of likely N-dealkylation sites (tertiary alicyclic amines) is 1. The van der Waals surface area contributed by atoms with E-state index in [0.717, 1.165) is 4.90 Å². The number of benzene rings is 1. The molecule has 2 rings (SSSR count). The summed E-state index contributed by atoms with van der Waals surface area (Å²) in [5.41, 5.74) is 0.300. The molecule has 0 aromatic heterocycles. The van der Waals surface area contributed by atoms with Gasteiger partial charge in [0.15, 0.2) is 0 Å². The molecule has 0 unspecified atom stereocenters. The molecule has 0 saturated carbocycles. The fourth-order valence-corrected chi connectivity index (χ4v) is 2.49. The van der Waals surface area contributed by atoms with Gasteiger partial charge in [-0.3, -0.25) is 4.79 Å². The maximum Gasteiger partial charge on any atom is 0.326 e. The van der Waals surface area contributed by atoms with Crippen LogP contribution >= 0.6 is 27.5 Å². The molecular formula is C12H11BrClNO4. The van der Waals surface area contributed by atoms with Crippen LogP contribution in [-0.4, -0.2) is 45.7 Å². The molecule has 102 valence electrons. The van der Waals surface area contributed by atoms with Gasteiger partial charge >= 0.3 is 5.97 Å². The predicted molar refractivity (Wildman–Crippen MR) is 72.2 cm³/mol. The minimum absolute atomic E-state index is 0.0173. The Morgan fingerprint density at radius 1 is 1.42 bits per heavy atom. The molecular weight excluding hydrogens is 337 g/mol. The Labute approximate surface area is 122 Å². The first-order valence-electron chi connectivity index (χ1n) is 5.57. The number of aliphatic carboxylic acids is 1. The first-order valence-corrected chi connectivity index (χ1v) is 6.74. The lowest BCUT2D eigenvalue weighted by molar-refractivity contribution is -0.141. The molecule has 1 aliphatic rings. The Hall–Kier alpha value is -1.11. The number of aliphatic hydroxyl groups excluding tert-OH is 1. The fraction of sp³-hybridized carbons (Fsp3) is 0.333. The van der Waals surface area contributed by atoms with Crippen LogP contribution in [0, 0.1) is 0 Å². The van der Waals surface area contributed by atoms with Crippen molar-refractivity contribution in [1.29, 1.82) is 0 Å². The third kappa shape index (κ3) is 2.91. The summed E-state index contributed by atoms with van der Waals surface area (Å²) in [7, 11) is 0. The number of β-amino-alcohol motifs (C(OH)–C–C–N with tert-alkyl or cyclic N) is 1. The highest BCUT2D eigenvalue weighted by Crippen LogP contribution is 2.26. The van der Waals surface area contributed by atoms with Crippen molar-refractivity contribution in [2.24, 2.45) is 0 Å². The van der Waals surface area contributed by atoms with Crippen LogP contribution in [0.2, 0.25) is 5.02 Å². The molecule has 1 fully saturated rings. The van der Waals surface area contributed by atoms with Crippen LogP contribution in [0.4, 0.5) is 0 Å². The molecule has 5 nitrogen and oxygen atoms in total. The molecule has 7 heteroatoms. The minimum Gasteiger partial charge on any atom is -0.480 e. The van der Waals surface area contributed by atoms with Gasteiger partial charge in [-0.25, -0.2) is 4.79 Å². The summed E-state index contributed by atoms with van der Waals surface area (Å²) in [5, 5.41) is 19.0. The van der Waals surface area contributed by atoms with Crippen molar-refractivity contribution in [1.82, 2.24) is 4.90 Å². The van der Waals surface area contributed by atoms with E-state index in [1.54, 1.807) is 12.1 Å². The van der Waals surface area contributed by atoms with Crippen molar-refractivity contribution < 1.29 is 19.8 Å². The lowest BCUT2D eigenvalue weighted by atomic mass is 10.1. The normalized spacial score (nSPS) is 22.6. The lowest BCUT2D eigenvalue weighted by Crippen LogP contribution is -2.40. The van der Waals surface area contributed by atoms with E-state index in [1.165, 1.54) is 6.07 Å². The second-order valence-electron chi connectivity index (χ2n) is 4.33. The van der Waals surface area contributed by atoms with Gasteiger partial charge in [0.2, 0.25) is 0 Å². The summed E-state index contributed by atoms with van der Waals surface area (Å²) in [5.74, 6) is -1.56. The van der Waals surface area contributed by atoms with E-state index in [2.05, 4.69) is 15.9 Å². The van der Waals surface area contributed by atoms with Crippen LogP contribution < -0.4 is 0 Å². The minimum atomic E-state index is -1.12. The molecule has 0 spiro atoms. The van der Waals surface area contributed by atoms with Gasteiger partial charge in [0.05, 0.1) is 11.1 Å². The summed E-state index contributed by atoms with van der Waals surface area (Å²) >= 11 is 9.12. The summed E-state index contributed by atoms with van der Waals surface area (Å²) in [6.07, 6.45) is -0.762. The zero-order chi connectivity index (χ0) is 14.2.